The lowest BCUT2D eigenvalue weighted by atomic mass is 9.70. The summed E-state index contributed by atoms with van der Waals surface area (Å²) in [5.74, 6) is -3.57. The van der Waals surface area contributed by atoms with E-state index in [-0.39, 0.29) is 36.9 Å². The molecule has 268 valence electrons. The topological polar surface area (TPSA) is 125 Å². The van der Waals surface area contributed by atoms with E-state index in [2.05, 4.69) is 34.4 Å². The minimum absolute atomic E-state index is 0.108. The number of benzene rings is 3. The average Bonchev–Trinajstić information content (AvgIpc) is 3.75. The van der Waals surface area contributed by atoms with Gasteiger partial charge in [0.25, 0.3) is 5.91 Å². The Morgan fingerprint density at radius 2 is 1.82 bits per heavy atom. The molecule has 3 aliphatic rings. The predicted octanol–water partition coefficient (Wildman–Crippen LogP) is 5.24. The Balaban J connectivity index is 1.36. The van der Waals surface area contributed by atoms with Gasteiger partial charge in [-0.1, -0.05) is 95.7 Å². The average molecular weight is 759 g/mol. The zero-order chi connectivity index (χ0) is 36.3. The quantitative estimate of drug-likeness (QED) is 0.123. The van der Waals surface area contributed by atoms with Gasteiger partial charge in [0.2, 0.25) is 11.8 Å². The van der Waals surface area contributed by atoms with Gasteiger partial charge in [-0.15, -0.1) is 13.2 Å². The van der Waals surface area contributed by atoms with Crippen LogP contribution in [0.3, 0.4) is 0 Å². The van der Waals surface area contributed by atoms with Crippen molar-refractivity contribution in [3.8, 4) is 0 Å². The van der Waals surface area contributed by atoms with Gasteiger partial charge in [-0.05, 0) is 47.7 Å². The third-order valence-corrected chi connectivity index (χ3v) is 11.3. The predicted molar refractivity (Wildman–Crippen MR) is 198 cm³/mol. The van der Waals surface area contributed by atoms with Crippen LogP contribution in [-0.2, 0) is 28.7 Å². The monoisotopic (exact) mass is 757 g/mol. The van der Waals surface area contributed by atoms with Crippen molar-refractivity contribution in [3.05, 3.63) is 104 Å². The van der Waals surface area contributed by atoms with Crippen molar-refractivity contribution in [2.75, 3.05) is 24.7 Å². The number of halogens is 1. The molecule has 51 heavy (non-hydrogen) atoms. The maximum Gasteiger partial charge on any atom is 0.306 e. The summed E-state index contributed by atoms with van der Waals surface area (Å²) in [6, 6.07) is 20.3. The second-order valence-corrected chi connectivity index (χ2v) is 14.6. The van der Waals surface area contributed by atoms with Crippen molar-refractivity contribution in [2.45, 2.75) is 67.3 Å². The molecule has 1 unspecified atom stereocenters. The van der Waals surface area contributed by atoms with Crippen LogP contribution in [0.4, 0.5) is 5.69 Å². The van der Waals surface area contributed by atoms with Crippen molar-refractivity contribution >= 4 is 56.1 Å². The summed E-state index contributed by atoms with van der Waals surface area (Å²) in [7, 11) is 0. The summed E-state index contributed by atoms with van der Waals surface area (Å²) in [4.78, 5) is 59.3. The van der Waals surface area contributed by atoms with Gasteiger partial charge in [0.1, 0.15) is 18.2 Å². The summed E-state index contributed by atoms with van der Waals surface area (Å²) in [6.07, 6.45) is 3.90. The number of aliphatic hydroxyl groups is 1. The van der Waals surface area contributed by atoms with Gasteiger partial charge in [-0.25, -0.2) is 0 Å². The molecular formula is C40H44BrN3O7. The van der Waals surface area contributed by atoms with E-state index < -0.39 is 59.5 Å². The molecule has 2 N–H and O–H groups in total. The maximum atomic E-state index is 15.0. The number of allylic oxidation sites excluding steroid dienone is 1. The number of alkyl halides is 1. The van der Waals surface area contributed by atoms with Crippen LogP contribution in [0.5, 0.6) is 0 Å². The number of rotatable bonds is 15. The molecule has 2 bridgehead atoms. The van der Waals surface area contributed by atoms with Gasteiger partial charge in [0.15, 0.2) is 0 Å². The number of ether oxygens (including phenoxy) is 2. The maximum absolute atomic E-state index is 15.0. The smallest absolute Gasteiger partial charge is 0.306 e. The molecule has 0 aliphatic carbocycles. The third kappa shape index (κ3) is 6.74. The molecule has 1 spiro atoms. The molecular weight excluding hydrogens is 714 g/mol. The summed E-state index contributed by atoms with van der Waals surface area (Å²) in [5.41, 5.74) is 0.0204. The number of nitrogens with zero attached hydrogens (tertiary/aromatic N) is 2. The van der Waals surface area contributed by atoms with Crippen molar-refractivity contribution < 1.29 is 33.8 Å². The fraction of sp³-hybridized carbons (Fsp3) is 0.400. The first-order valence-corrected chi connectivity index (χ1v) is 18.4. The number of aliphatic hydroxyl groups excluding tert-OH is 1. The largest absolute Gasteiger partial charge is 0.463 e. The van der Waals surface area contributed by atoms with E-state index in [9.17, 15) is 19.5 Å². The molecule has 8 atom stereocenters. The van der Waals surface area contributed by atoms with Crippen molar-refractivity contribution in [1.82, 2.24) is 10.2 Å². The van der Waals surface area contributed by atoms with Crippen LogP contribution in [0, 0.1) is 11.8 Å². The Kier molecular flexibility index (Phi) is 11.1. The second-order valence-electron chi connectivity index (χ2n) is 13.4. The highest BCUT2D eigenvalue weighted by Crippen LogP contribution is 2.60. The zero-order valence-corrected chi connectivity index (χ0v) is 30.2. The van der Waals surface area contributed by atoms with Crippen LogP contribution in [0.2, 0.25) is 0 Å². The van der Waals surface area contributed by atoms with E-state index in [1.807, 2.05) is 79.7 Å². The first-order valence-electron chi connectivity index (χ1n) is 17.5. The minimum atomic E-state index is -1.34. The SMILES string of the molecule is C=CCCC(=O)OC[C@H](NC(=O)[C@@H]1[C@H]2O[C@@]3(CC2Br)[C@H](C(=O)N(CC=C)c2ccc4ccccc4c2)N([C@@H](CC)CO)C(=O)[C@@H]13)c1ccccc1. The van der Waals surface area contributed by atoms with Crippen LogP contribution in [-0.4, -0.2) is 82.1 Å². The van der Waals surface area contributed by atoms with Crippen molar-refractivity contribution in [1.29, 1.82) is 0 Å². The molecule has 0 saturated carbocycles. The molecule has 0 radical (unpaired) electrons. The van der Waals surface area contributed by atoms with Crippen LogP contribution in [0.15, 0.2) is 98.1 Å². The first-order chi connectivity index (χ1) is 24.7. The Hall–Kier alpha value is -4.32. The van der Waals surface area contributed by atoms with E-state index in [4.69, 9.17) is 9.47 Å². The first kappa shape index (κ1) is 36.5. The summed E-state index contributed by atoms with van der Waals surface area (Å²) in [6.45, 7) is 9.11. The van der Waals surface area contributed by atoms with Crippen LogP contribution in [0.1, 0.15) is 44.2 Å². The Morgan fingerprint density at radius 1 is 1.10 bits per heavy atom. The Morgan fingerprint density at radius 3 is 2.51 bits per heavy atom. The van der Waals surface area contributed by atoms with E-state index in [0.29, 0.717) is 24.9 Å². The number of nitrogens with one attached hydrogen (secondary N) is 1. The van der Waals surface area contributed by atoms with Gasteiger partial charge in [0.05, 0.1) is 36.6 Å². The molecule has 11 heteroatoms. The lowest BCUT2D eigenvalue weighted by molar-refractivity contribution is -0.146. The lowest BCUT2D eigenvalue weighted by Gasteiger charge is -2.39. The third-order valence-electron chi connectivity index (χ3n) is 10.4. The molecule has 3 heterocycles. The molecule has 3 amide bonds. The van der Waals surface area contributed by atoms with E-state index in [0.717, 1.165) is 16.3 Å². The van der Waals surface area contributed by atoms with E-state index >= 15 is 4.79 Å². The molecule has 0 aromatic heterocycles. The Labute approximate surface area is 306 Å². The second kappa shape index (κ2) is 15.5. The van der Waals surface area contributed by atoms with Crippen LogP contribution < -0.4 is 10.2 Å². The number of hydrogen-bond donors (Lipinski definition) is 2. The van der Waals surface area contributed by atoms with Gasteiger partial charge < -0.3 is 29.7 Å². The Bertz CT molecular complexity index is 1800. The van der Waals surface area contributed by atoms with Crippen LogP contribution in [0.25, 0.3) is 10.8 Å². The number of hydrogen-bond acceptors (Lipinski definition) is 7. The summed E-state index contributed by atoms with van der Waals surface area (Å²) in [5, 5.41) is 15.6. The van der Waals surface area contributed by atoms with Crippen molar-refractivity contribution in [3.63, 3.8) is 0 Å². The molecule has 3 aromatic rings. The molecule has 3 aromatic carbocycles. The molecule has 3 fully saturated rings. The summed E-state index contributed by atoms with van der Waals surface area (Å²) < 4.78 is 12.3. The number of fused-ring (bicyclic) bond motifs is 2. The molecule has 3 saturated heterocycles. The van der Waals surface area contributed by atoms with Gasteiger partial charge in [0, 0.05) is 23.5 Å². The highest BCUT2D eigenvalue weighted by molar-refractivity contribution is 9.09. The van der Waals surface area contributed by atoms with E-state index in [1.165, 1.54) is 4.90 Å². The van der Waals surface area contributed by atoms with Gasteiger partial charge >= 0.3 is 5.97 Å². The number of likely N-dealkylation sites (tertiary alicyclic amines) is 1. The number of carbonyl (C=O) groups excluding carboxylic acids is 4. The van der Waals surface area contributed by atoms with Gasteiger partial charge in [-0.3, -0.25) is 19.2 Å². The number of anilines is 1. The number of amides is 3. The highest BCUT2D eigenvalue weighted by Gasteiger charge is 2.77. The number of carbonyl (C=O) groups is 4. The minimum Gasteiger partial charge on any atom is -0.463 e. The van der Waals surface area contributed by atoms with Crippen LogP contribution >= 0.6 is 15.9 Å². The van der Waals surface area contributed by atoms with Gasteiger partial charge in [-0.2, -0.15) is 0 Å². The fourth-order valence-corrected chi connectivity index (χ4v) is 8.98. The lowest BCUT2D eigenvalue weighted by Crippen LogP contribution is -2.59. The zero-order valence-electron chi connectivity index (χ0n) is 28.7. The van der Waals surface area contributed by atoms with Crippen molar-refractivity contribution in [2.24, 2.45) is 11.8 Å². The highest BCUT2D eigenvalue weighted by atomic mass is 79.9. The molecule has 3 aliphatic heterocycles. The standard InChI is InChI=1S/C40H44BrN3O7/c1-4-7-17-32(46)50-24-31(26-14-9-8-10-15-26)42-37(47)33-34-38(48)44(28(6-3)23-45)36(40(34)22-30(41)35(33)51-40)39(49)43(20-5-2)29-19-18-25-13-11-12-16-27(25)21-29/h4-5,8-16,18-19,21,28,30-31,33-36,45H,1-2,6-7,17,20,22-24H2,3H3,(H,42,47)/t28-,30?,31-,33-,34+,35-,36-,40+/m0/s1. The summed E-state index contributed by atoms with van der Waals surface area (Å²) >= 11 is 3.75. The number of esters is 1. The molecule has 6 rings (SSSR count). The fourth-order valence-electron chi connectivity index (χ4n) is 8.04. The normalized spacial score (nSPS) is 26.0. The van der Waals surface area contributed by atoms with E-state index in [1.54, 1.807) is 17.1 Å². The molecule has 10 nitrogen and oxygen atoms in total.